The minimum atomic E-state index is 0.204. The van der Waals surface area contributed by atoms with Gasteiger partial charge in [0.15, 0.2) is 12.0 Å². The summed E-state index contributed by atoms with van der Waals surface area (Å²) in [5.74, 6) is 0.204. The number of fused-ring (bicyclic) bond motifs is 1. The van der Waals surface area contributed by atoms with Crippen molar-refractivity contribution in [2.24, 2.45) is 0 Å². The highest BCUT2D eigenvalue weighted by Crippen LogP contribution is 2.20. The maximum Gasteiger partial charge on any atom is 0.199 e. The summed E-state index contributed by atoms with van der Waals surface area (Å²) in [5, 5.41) is 4.86. The number of rotatable bonds is 2. The quantitative estimate of drug-likeness (QED) is 0.628. The number of para-hydroxylation sites is 1. The number of aldehydes is 1. The fourth-order valence-electron chi connectivity index (χ4n) is 1.67. The van der Waals surface area contributed by atoms with E-state index in [1.807, 2.05) is 36.4 Å². The van der Waals surface area contributed by atoms with E-state index < -0.39 is 0 Å². The Labute approximate surface area is 96.9 Å². The summed E-state index contributed by atoms with van der Waals surface area (Å²) >= 11 is 0. The van der Waals surface area contributed by atoms with Crippen LogP contribution in [0.4, 0.5) is 0 Å². The Morgan fingerprint density at radius 3 is 2.76 bits per heavy atom. The number of aromatic nitrogens is 2. The van der Waals surface area contributed by atoms with Gasteiger partial charge in [0.05, 0.1) is 11.2 Å². The molecule has 0 fully saturated rings. The van der Waals surface area contributed by atoms with Crippen molar-refractivity contribution < 1.29 is 9.32 Å². The van der Waals surface area contributed by atoms with E-state index in [0.29, 0.717) is 17.7 Å². The van der Waals surface area contributed by atoms with Gasteiger partial charge in [0.2, 0.25) is 0 Å². The van der Waals surface area contributed by atoms with E-state index in [1.54, 1.807) is 6.07 Å². The Morgan fingerprint density at radius 2 is 1.94 bits per heavy atom. The molecular weight excluding hydrogens is 216 g/mol. The van der Waals surface area contributed by atoms with E-state index >= 15 is 0 Å². The van der Waals surface area contributed by atoms with Crippen LogP contribution in [0, 0.1) is 0 Å². The highest BCUT2D eigenvalue weighted by atomic mass is 16.5. The summed E-state index contributed by atoms with van der Waals surface area (Å²) in [6.45, 7) is 0. The van der Waals surface area contributed by atoms with Gasteiger partial charge < -0.3 is 4.52 Å². The molecule has 0 saturated carbocycles. The number of carbonyl (C=O) groups excluding carboxylic acids is 1. The van der Waals surface area contributed by atoms with Gasteiger partial charge in [0.1, 0.15) is 5.69 Å². The summed E-state index contributed by atoms with van der Waals surface area (Å²) in [7, 11) is 0. The number of hydrogen-bond acceptors (Lipinski definition) is 4. The zero-order valence-corrected chi connectivity index (χ0v) is 8.83. The van der Waals surface area contributed by atoms with Crippen LogP contribution in [0.25, 0.3) is 22.3 Å². The second kappa shape index (κ2) is 3.83. The molecule has 1 aromatic carbocycles. The largest absolute Gasteiger partial charge is 0.353 e. The Bertz CT molecular complexity index is 688. The summed E-state index contributed by atoms with van der Waals surface area (Å²) in [4.78, 5) is 15.0. The van der Waals surface area contributed by atoms with E-state index in [2.05, 4.69) is 10.1 Å². The van der Waals surface area contributed by atoms with E-state index in [4.69, 9.17) is 4.52 Å². The van der Waals surface area contributed by atoms with Crippen LogP contribution < -0.4 is 0 Å². The molecule has 0 N–H and O–H groups in total. The fraction of sp³-hybridized carbons (Fsp3) is 0. The lowest BCUT2D eigenvalue weighted by Crippen LogP contribution is -1.84. The third-order valence-electron chi connectivity index (χ3n) is 2.51. The molecule has 3 rings (SSSR count). The van der Waals surface area contributed by atoms with Gasteiger partial charge in [-0.25, -0.2) is 4.98 Å². The average Bonchev–Trinajstić information content (AvgIpc) is 2.87. The monoisotopic (exact) mass is 224 g/mol. The van der Waals surface area contributed by atoms with Crippen molar-refractivity contribution in [3.63, 3.8) is 0 Å². The van der Waals surface area contributed by atoms with E-state index in [0.717, 1.165) is 10.9 Å². The van der Waals surface area contributed by atoms with Crippen molar-refractivity contribution >= 4 is 17.2 Å². The summed E-state index contributed by atoms with van der Waals surface area (Å²) < 4.78 is 4.82. The lowest BCUT2D eigenvalue weighted by atomic mass is 10.2. The lowest BCUT2D eigenvalue weighted by molar-refractivity contribution is 0.109. The average molecular weight is 224 g/mol. The molecule has 2 heterocycles. The van der Waals surface area contributed by atoms with Crippen molar-refractivity contribution in [1.29, 1.82) is 0 Å². The number of carbonyl (C=O) groups is 1. The van der Waals surface area contributed by atoms with Gasteiger partial charge in [-0.1, -0.05) is 29.4 Å². The third-order valence-corrected chi connectivity index (χ3v) is 2.51. The Morgan fingerprint density at radius 1 is 1.06 bits per heavy atom. The molecule has 0 aliphatic carbocycles. The molecule has 0 amide bonds. The zero-order valence-electron chi connectivity index (χ0n) is 8.83. The van der Waals surface area contributed by atoms with Crippen LogP contribution in [-0.4, -0.2) is 16.4 Å². The van der Waals surface area contributed by atoms with Gasteiger partial charge in [0.25, 0.3) is 0 Å². The van der Waals surface area contributed by atoms with Gasteiger partial charge in [-0.3, -0.25) is 4.79 Å². The molecule has 2 aromatic heterocycles. The standard InChI is InChI=1S/C13H8N2O2/c16-8-10-7-13(15-17-10)12-6-5-9-3-1-2-4-11(9)14-12/h1-8H. The van der Waals surface area contributed by atoms with Crippen molar-refractivity contribution in [2.45, 2.75) is 0 Å². The molecule has 0 spiro atoms. The smallest absolute Gasteiger partial charge is 0.199 e. The molecule has 82 valence electrons. The first kappa shape index (κ1) is 9.72. The molecular formula is C13H8N2O2. The molecule has 0 radical (unpaired) electrons. The van der Waals surface area contributed by atoms with Crippen molar-refractivity contribution in [2.75, 3.05) is 0 Å². The molecule has 0 aliphatic heterocycles. The summed E-state index contributed by atoms with van der Waals surface area (Å²) in [6.07, 6.45) is 0.623. The first-order valence-electron chi connectivity index (χ1n) is 5.15. The SMILES string of the molecule is O=Cc1cc(-c2ccc3ccccc3n2)no1. The molecule has 0 aliphatic rings. The van der Waals surface area contributed by atoms with Crippen molar-refractivity contribution in [1.82, 2.24) is 10.1 Å². The van der Waals surface area contributed by atoms with Crippen molar-refractivity contribution in [3.05, 3.63) is 48.2 Å². The van der Waals surface area contributed by atoms with Crippen LogP contribution >= 0.6 is 0 Å². The minimum absolute atomic E-state index is 0.204. The molecule has 0 saturated heterocycles. The van der Waals surface area contributed by atoms with Crippen LogP contribution in [0.1, 0.15) is 10.6 Å². The highest BCUT2D eigenvalue weighted by Gasteiger charge is 2.07. The predicted octanol–water partition coefficient (Wildman–Crippen LogP) is 2.70. The second-order valence-corrected chi connectivity index (χ2v) is 3.62. The van der Waals surface area contributed by atoms with Crippen molar-refractivity contribution in [3.8, 4) is 11.4 Å². The van der Waals surface area contributed by atoms with E-state index in [-0.39, 0.29) is 5.76 Å². The summed E-state index contributed by atoms with van der Waals surface area (Å²) in [6, 6.07) is 13.2. The first-order valence-corrected chi connectivity index (χ1v) is 5.15. The van der Waals surface area contributed by atoms with Crippen LogP contribution in [0.3, 0.4) is 0 Å². The maximum atomic E-state index is 10.5. The summed E-state index contributed by atoms with van der Waals surface area (Å²) in [5.41, 5.74) is 2.15. The van der Waals surface area contributed by atoms with Gasteiger partial charge in [-0.15, -0.1) is 0 Å². The zero-order chi connectivity index (χ0) is 11.7. The highest BCUT2D eigenvalue weighted by molar-refractivity contribution is 5.81. The normalized spacial score (nSPS) is 10.6. The lowest BCUT2D eigenvalue weighted by Gasteiger charge is -1.98. The molecule has 0 atom stereocenters. The van der Waals surface area contributed by atoms with E-state index in [1.165, 1.54) is 0 Å². The van der Waals surface area contributed by atoms with Crippen LogP contribution in [0.2, 0.25) is 0 Å². The van der Waals surface area contributed by atoms with Gasteiger partial charge >= 0.3 is 0 Å². The number of hydrogen-bond donors (Lipinski definition) is 0. The number of nitrogens with zero attached hydrogens (tertiary/aromatic N) is 2. The van der Waals surface area contributed by atoms with Gasteiger partial charge in [0, 0.05) is 11.5 Å². The molecule has 0 bridgehead atoms. The fourth-order valence-corrected chi connectivity index (χ4v) is 1.67. The predicted molar refractivity (Wildman–Crippen MR) is 62.6 cm³/mol. The molecule has 4 heteroatoms. The minimum Gasteiger partial charge on any atom is -0.353 e. The Hall–Kier alpha value is -2.49. The van der Waals surface area contributed by atoms with E-state index in [9.17, 15) is 4.79 Å². The Kier molecular flexibility index (Phi) is 2.19. The van der Waals surface area contributed by atoms with Crippen LogP contribution in [0.15, 0.2) is 47.0 Å². The molecule has 17 heavy (non-hydrogen) atoms. The number of pyridine rings is 1. The second-order valence-electron chi connectivity index (χ2n) is 3.62. The first-order chi connectivity index (χ1) is 8.36. The Balaban J connectivity index is 2.14. The van der Waals surface area contributed by atoms with Crippen LogP contribution in [-0.2, 0) is 0 Å². The maximum absolute atomic E-state index is 10.5. The topological polar surface area (TPSA) is 56.0 Å². The van der Waals surface area contributed by atoms with Crippen LogP contribution in [0.5, 0.6) is 0 Å². The molecule has 0 unspecified atom stereocenters. The van der Waals surface area contributed by atoms with Gasteiger partial charge in [-0.2, -0.15) is 0 Å². The van der Waals surface area contributed by atoms with Gasteiger partial charge in [-0.05, 0) is 12.1 Å². The molecule has 3 aromatic rings. The molecule has 4 nitrogen and oxygen atoms in total. The third kappa shape index (κ3) is 1.69. The number of benzene rings is 1.